The average Bonchev–Trinajstić information content (AvgIpc) is 2.87. The Morgan fingerprint density at radius 1 is 1.27 bits per heavy atom. The molecule has 4 heteroatoms. The van der Waals surface area contributed by atoms with E-state index in [0.717, 1.165) is 26.1 Å². The maximum absolute atomic E-state index is 5.36. The molecule has 15 heavy (non-hydrogen) atoms. The summed E-state index contributed by atoms with van der Waals surface area (Å²) in [4.78, 5) is 2.49. The second-order valence-electron chi connectivity index (χ2n) is 4.60. The summed E-state index contributed by atoms with van der Waals surface area (Å²) in [5.74, 6) is 0. The SMILES string of the molecule is COC1CNC(CN2CCC(OC)C2)C1. The van der Waals surface area contributed by atoms with Crippen molar-refractivity contribution in [2.75, 3.05) is 40.4 Å². The summed E-state index contributed by atoms with van der Waals surface area (Å²) in [7, 11) is 3.61. The van der Waals surface area contributed by atoms with Gasteiger partial charge in [-0.25, -0.2) is 0 Å². The molecule has 0 amide bonds. The molecule has 0 aromatic heterocycles. The highest BCUT2D eigenvalue weighted by atomic mass is 16.5. The van der Waals surface area contributed by atoms with E-state index >= 15 is 0 Å². The van der Waals surface area contributed by atoms with Crippen molar-refractivity contribution in [3.63, 3.8) is 0 Å². The van der Waals surface area contributed by atoms with Crippen LogP contribution in [0.5, 0.6) is 0 Å². The molecule has 0 saturated carbocycles. The molecule has 88 valence electrons. The summed E-state index contributed by atoms with van der Waals surface area (Å²) >= 11 is 0. The molecule has 3 unspecified atom stereocenters. The number of methoxy groups -OCH3 is 2. The van der Waals surface area contributed by atoms with Crippen LogP contribution < -0.4 is 5.32 Å². The minimum atomic E-state index is 0.413. The monoisotopic (exact) mass is 214 g/mol. The Bertz CT molecular complexity index is 181. The molecule has 2 heterocycles. The van der Waals surface area contributed by atoms with Gasteiger partial charge in [-0.1, -0.05) is 0 Å². The van der Waals surface area contributed by atoms with Gasteiger partial charge < -0.3 is 14.8 Å². The van der Waals surface area contributed by atoms with Crippen molar-refractivity contribution in [3.05, 3.63) is 0 Å². The fourth-order valence-corrected chi connectivity index (χ4v) is 2.57. The van der Waals surface area contributed by atoms with Crippen LogP contribution in [0.1, 0.15) is 12.8 Å². The Hall–Kier alpha value is -0.160. The number of hydrogen-bond acceptors (Lipinski definition) is 4. The fraction of sp³-hybridized carbons (Fsp3) is 1.00. The zero-order chi connectivity index (χ0) is 10.7. The summed E-state index contributed by atoms with van der Waals surface area (Å²) in [5.41, 5.74) is 0. The van der Waals surface area contributed by atoms with Crippen molar-refractivity contribution in [1.82, 2.24) is 10.2 Å². The largest absolute Gasteiger partial charge is 0.380 e. The molecule has 0 spiro atoms. The Morgan fingerprint density at radius 3 is 2.67 bits per heavy atom. The third kappa shape index (κ3) is 2.91. The van der Waals surface area contributed by atoms with Crippen LogP contribution in [0.25, 0.3) is 0 Å². The minimum Gasteiger partial charge on any atom is -0.380 e. The van der Waals surface area contributed by atoms with Crippen molar-refractivity contribution >= 4 is 0 Å². The quantitative estimate of drug-likeness (QED) is 0.719. The van der Waals surface area contributed by atoms with Gasteiger partial charge in [-0.3, -0.25) is 4.90 Å². The second-order valence-corrected chi connectivity index (χ2v) is 4.60. The van der Waals surface area contributed by atoms with Crippen molar-refractivity contribution in [3.8, 4) is 0 Å². The topological polar surface area (TPSA) is 33.7 Å². The van der Waals surface area contributed by atoms with Gasteiger partial charge in [0, 0.05) is 46.4 Å². The predicted octanol–water partition coefficient (Wildman–Crippen LogP) is 0.0840. The molecule has 2 rings (SSSR count). The highest BCUT2D eigenvalue weighted by Gasteiger charge is 2.28. The number of nitrogens with zero attached hydrogens (tertiary/aromatic N) is 1. The lowest BCUT2D eigenvalue weighted by Crippen LogP contribution is -2.36. The Kier molecular flexibility index (Phi) is 3.97. The molecule has 1 N–H and O–H groups in total. The van der Waals surface area contributed by atoms with Crippen LogP contribution in [0.15, 0.2) is 0 Å². The van der Waals surface area contributed by atoms with Gasteiger partial charge in [-0.2, -0.15) is 0 Å². The normalized spacial score (nSPS) is 37.6. The summed E-state index contributed by atoms with van der Waals surface area (Å²) < 4.78 is 10.7. The zero-order valence-electron chi connectivity index (χ0n) is 9.74. The first-order valence-corrected chi connectivity index (χ1v) is 5.83. The van der Waals surface area contributed by atoms with Crippen molar-refractivity contribution in [2.45, 2.75) is 31.1 Å². The number of likely N-dealkylation sites (tertiary alicyclic amines) is 1. The first-order chi connectivity index (χ1) is 7.31. The van der Waals surface area contributed by atoms with Crippen molar-refractivity contribution in [2.24, 2.45) is 0 Å². The van der Waals surface area contributed by atoms with Crippen LogP contribution in [0.3, 0.4) is 0 Å². The maximum atomic E-state index is 5.36. The summed E-state index contributed by atoms with van der Waals surface area (Å²) in [6.45, 7) is 4.41. The summed E-state index contributed by atoms with van der Waals surface area (Å²) in [6.07, 6.45) is 3.18. The third-order valence-corrected chi connectivity index (χ3v) is 3.56. The fourth-order valence-electron chi connectivity index (χ4n) is 2.57. The average molecular weight is 214 g/mol. The van der Waals surface area contributed by atoms with Crippen LogP contribution in [-0.2, 0) is 9.47 Å². The lowest BCUT2D eigenvalue weighted by Gasteiger charge is -2.20. The van der Waals surface area contributed by atoms with Crippen LogP contribution in [0, 0.1) is 0 Å². The number of ether oxygens (including phenoxy) is 2. The number of rotatable bonds is 4. The highest BCUT2D eigenvalue weighted by Crippen LogP contribution is 2.16. The van der Waals surface area contributed by atoms with E-state index in [-0.39, 0.29) is 0 Å². The summed E-state index contributed by atoms with van der Waals surface area (Å²) in [6, 6.07) is 0.602. The van der Waals surface area contributed by atoms with Crippen LogP contribution in [0.2, 0.25) is 0 Å². The highest BCUT2D eigenvalue weighted by molar-refractivity contribution is 4.87. The minimum absolute atomic E-state index is 0.413. The van der Waals surface area contributed by atoms with E-state index in [1.807, 2.05) is 7.11 Å². The molecule has 2 aliphatic heterocycles. The molecule has 2 fully saturated rings. The van der Waals surface area contributed by atoms with E-state index in [2.05, 4.69) is 10.2 Å². The van der Waals surface area contributed by atoms with E-state index in [1.165, 1.54) is 13.0 Å². The molecule has 0 aromatic rings. The Balaban J connectivity index is 1.70. The smallest absolute Gasteiger partial charge is 0.0711 e. The van der Waals surface area contributed by atoms with Gasteiger partial charge in [-0.15, -0.1) is 0 Å². The number of nitrogens with one attached hydrogen (secondary N) is 1. The van der Waals surface area contributed by atoms with E-state index in [1.54, 1.807) is 7.11 Å². The molecule has 4 nitrogen and oxygen atoms in total. The van der Waals surface area contributed by atoms with E-state index < -0.39 is 0 Å². The molecule has 3 atom stereocenters. The first kappa shape index (κ1) is 11.3. The van der Waals surface area contributed by atoms with Crippen molar-refractivity contribution in [1.29, 1.82) is 0 Å². The molecule has 0 aliphatic carbocycles. The number of hydrogen-bond donors (Lipinski definition) is 1. The van der Waals surface area contributed by atoms with E-state index in [4.69, 9.17) is 9.47 Å². The van der Waals surface area contributed by atoms with Gasteiger partial charge in [0.05, 0.1) is 12.2 Å². The van der Waals surface area contributed by atoms with Gasteiger partial charge in [0.1, 0.15) is 0 Å². The lowest BCUT2D eigenvalue weighted by molar-refractivity contribution is 0.104. The van der Waals surface area contributed by atoms with Crippen molar-refractivity contribution < 1.29 is 9.47 Å². The van der Waals surface area contributed by atoms with Gasteiger partial charge in [-0.05, 0) is 12.8 Å². The summed E-state index contributed by atoms with van der Waals surface area (Å²) in [5, 5.41) is 3.51. The zero-order valence-corrected chi connectivity index (χ0v) is 9.74. The molecule has 0 bridgehead atoms. The third-order valence-electron chi connectivity index (χ3n) is 3.56. The molecule has 2 aliphatic rings. The van der Waals surface area contributed by atoms with Gasteiger partial charge in [0.25, 0.3) is 0 Å². The Morgan fingerprint density at radius 2 is 2.07 bits per heavy atom. The molecule has 0 aromatic carbocycles. The van der Waals surface area contributed by atoms with Gasteiger partial charge in [0.2, 0.25) is 0 Å². The van der Waals surface area contributed by atoms with Crippen LogP contribution in [-0.4, -0.2) is 63.5 Å². The van der Waals surface area contributed by atoms with Gasteiger partial charge >= 0.3 is 0 Å². The standard InChI is InChI=1S/C11H22N2O2/c1-14-10-3-4-13(8-10)7-9-5-11(15-2)6-12-9/h9-12H,3-8H2,1-2H3. The maximum Gasteiger partial charge on any atom is 0.0711 e. The van der Waals surface area contributed by atoms with E-state index in [9.17, 15) is 0 Å². The van der Waals surface area contributed by atoms with Crippen LogP contribution >= 0.6 is 0 Å². The van der Waals surface area contributed by atoms with Gasteiger partial charge in [0.15, 0.2) is 0 Å². The van der Waals surface area contributed by atoms with Crippen LogP contribution in [0.4, 0.5) is 0 Å². The predicted molar refractivity (Wildman–Crippen MR) is 59.1 cm³/mol. The molecular formula is C11H22N2O2. The molecular weight excluding hydrogens is 192 g/mol. The first-order valence-electron chi connectivity index (χ1n) is 5.83. The van der Waals surface area contributed by atoms with E-state index in [0.29, 0.717) is 18.2 Å². The second kappa shape index (κ2) is 5.25. The Labute approximate surface area is 91.9 Å². The molecule has 0 radical (unpaired) electrons. The lowest BCUT2D eigenvalue weighted by atomic mass is 10.2. The molecule has 2 saturated heterocycles.